The van der Waals surface area contributed by atoms with Gasteiger partial charge in [-0.15, -0.1) is 0 Å². The van der Waals surface area contributed by atoms with Gasteiger partial charge in [-0.05, 0) is 43.9 Å². The summed E-state index contributed by atoms with van der Waals surface area (Å²) >= 11 is 0. The van der Waals surface area contributed by atoms with Gasteiger partial charge in [0.15, 0.2) is 0 Å². The molecule has 5 nitrogen and oxygen atoms in total. The number of aryl methyl sites for hydroxylation is 2. The second-order valence-corrected chi connectivity index (χ2v) is 8.52. The highest BCUT2D eigenvalue weighted by atomic mass is 16.5. The van der Waals surface area contributed by atoms with Crippen LogP contribution in [0.25, 0.3) is 0 Å². The predicted molar refractivity (Wildman–Crippen MR) is 121 cm³/mol. The van der Waals surface area contributed by atoms with E-state index in [2.05, 4.69) is 71.4 Å². The molecule has 4 rings (SSSR count). The fourth-order valence-electron chi connectivity index (χ4n) is 4.84. The van der Waals surface area contributed by atoms with Gasteiger partial charge in [0, 0.05) is 31.4 Å². The number of morpholine rings is 1. The minimum Gasteiger partial charge on any atom is -0.379 e. The van der Waals surface area contributed by atoms with Crippen LogP contribution >= 0.6 is 0 Å². The molecule has 1 saturated heterocycles. The van der Waals surface area contributed by atoms with Crippen molar-refractivity contribution >= 4 is 11.6 Å². The van der Waals surface area contributed by atoms with E-state index in [0.29, 0.717) is 6.54 Å². The standard InChI is InChI=1S/C25H33N3O2/c1-19-10-11-23-22(17-19)9-6-12-28(23)18-24(29)26-20(2)25(21-7-4-3-5-8-21)27-13-15-30-16-14-27/h3-5,7-8,10-11,17,20,25H,6,9,12-16,18H2,1-2H3,(H,26,29)/t20-,25+/m1/s1. The summed E-state index contributed by atoms with van der Waals surface area (Å²) in [6.07, 6.45) is 2.19. The molecule has 2 aromatic carbocycles. The van der Waals surface area contributed by atoms with Gasteiger partial charge in [-0.3, -0.25) is 9.69 Å². The van der Waals surface area contributed by atoms with Crippen LogP contribution in [0.15, 0.2) is 48.5 Å². The van der Waals surface area contributed by atoms with Crippen molar-refractivity contribution in [1.29, 1.82) is 0 Å². The summed E-state index contributed by atoms with van der Waals surface area (Å²) in [5, 5.41) is 3.30. The zero-order valence-electron chi connectivity index (χ0n) is 18.1. The Hall–Kier alpha value is -2.37. The number of carbonyl (C=O) groups is 1. The monoisotopic (exact) mass is 407 g/mol. The zero-order chi connectivity index (χ0) is 20.9. The highest BCUT2D eigenvalue weighted by molar-refractivity contribution is 5.82. The van der Waals surface area contributed by atoms with E-state index in [4.69, 9.17) is 4.74 Å². The normalized spacial score (nSPS) is 19.1. The summed E-state index contributed by atoms with van der Waals surface area (Å²) in [5.41, 5.74) is 5.09. The molecular weight excluding hydrogens is 374 g/mol. The zero-order valence-corrected chi connectivity index (χ0v) is 18.1. The van der Waals surface area contributed by atoms with Gasteiger partial charge in [-0.1, -0.05) is 48.0 Å². The SMILES string of the molecule is Cc1ccc2c(c1)CCCN2CC(=O)N[C@H](C)[C@@H](c1ccccc1)N1CCOCC1. The second kappa shape index (κ2) is 9.63. The molecule has 2 aliphatic rings. The summed E-state index contributed by atoms with van der Waals surface area (Å²) in [6.45, 7) is 8.86. The molecule has 1 N–H and O–H groups in total. The van der Waals surface area contributed by atoms with Crippen LogP contribution in [0.4, 0.5) is 5.69 Å². The Morgan fingerprint density at radius 2 is 1.87 bits per heavy atom. The molecule has 0 unspecified atom stereocenters. The molecule has 2 aliphatic heterocycles. The van der Waals surface area contributed by atoms with Crippen LogP contribution < -0.4 is 10.2 Å². The molecule has 2 aromatic rings. The Bertz CT molecular complexity index is 849. The molecule has 0 spiro atoms. The fraction of sp³-hybridized carbons (Fsp3) is 0.480. The number of hydrogen-bond acceptors (Lipinski definition) is 4. The molecule has 0 aromatic heterocycles. The van der Waals surface area contributed by atoms with E-state index in [0.717, 1.165) is 45.7 Å². The molecule has 30 heavy (non-hydrogen) atoms. The third-order valence-corrected chi connectivity index (χ3v) is 6.23. The molecule has 0 aliphatic carbocycles. The van der Waals surface area contributed by atoms with Gasteiger partial charge in [0.1, 0.15) is 0 Å². The number of nitrogens with zero attached hydrogens (tertiary/aromatic N) is 2. The molecule has 2 atom stereocenters. The first kappa shape index (κ1) is 20.9. The Labute approximate surface area is 180 Å². The van der Waals surface area contributed by atoms with Crippen molar-refractivity contribution in [3.05, 3.63) is 65.2 Å². The second-order valence-electron chi connectivity index (χ2n) is 8.52. The third-order valence-electron chi connectivity index (χ3n) is 6.23. The summed E-state index contributed by atoms with van der Waals surface area (Å²) < 4.78 is 5.55. The lowest BCUT2D eigenvalue weighted by molar-refractivity contribution is -0.121. The summed E-state index contributed by atoms with van der Waals surface area (Å²) in [4.78, 5) is 17.7. The van der Waals surface area contributed by atoms with E-state index in [1.165, 1.54) is 22.4 Å². The summed E-state index contributed by atoms with van der Waals surface area (Å²) in [7, 11) is 0. The highest BCUT2D eigenvalue weighted by Crippen LogP contribution is 2.28. The molecule has 0 radical (unpaired) electrons. The molecule has 0 saturated carbocycles. The Morgan fingerprint density at radius 1 is 1.10 bits per heavy atom. The van der Waals surface area contributed by atoms with E-state index in [1.807, 2.05) is 6.07 Å². The molecule has 2 heterocycles. The van der Waals surface area contributed by atoms with Crippen LogP contribution in [-0.4, -0.2) is 56.2 Å². The lowest BCUT2D eigenvalue weighted by atomic mass is 9.97. The van der Waals surface area contributed by atoms with E-state index < -0.39 is 0 Å². The van der Waals surface area contributed by atoms with Crippen LogP contribution in [0, 0.1) is 6.92 Å². The van der Waals surface area contributed by atoms with E-state index in [1.54, 1.807) is 0 Å². The van der Waals surface area contributed by atoms with Crippen molar-refractivity contribution in [3.8, 4) is 0 Å². The van der Waals surface area contributed by atoms with Crippen LogP contribution in [0.5, 0.6) is 0 Å². The van der Waals surface area contributed by atoms with E-state index in [-0.39, 0.29) is 18.0 Å². The number of rotatable bonds is 6. The smallest absolute Gasteiger partial charge is 0.239 e. The molecule has 0 bridgehead atoms. The lowest BCUT2D eigenvalue weighted by Crippen LogP contribution is -2.50. The van der Waals surface area contributed by atoms with Gasteiger partial charge >= 0.3 is 0 Å². The lowest BCUT2D eigenvalue weighted by Gasteiger charge is -2.39. The number of hydrogen-bond donors (Lipinski definition) is 1. The van der Waals surface area contributed by atoms with Crippen molar-refractivity contribution in [1.82, 2.24) is 10.2 Å². The molecular formula is C25H33N3O2. The van der Waals surface area contributed by atoms with Crippen LogP contribution in [0.1, 0.15) is 36.1 Å². The van der Waals surface area contributed by atoms with Gasteiger partial charge in [-0.2, -0.15) is 0 Å². The topological polar surface area (TPSA) is 44.8 Å². The highest BCUT2D eigenvalue weighted by Gasteiger charge is 2.29. The quantitative estimate of drug-likeness (QED) is 0.798. The number of anilines is 1. The number of fused-ring (bicyclic) bond motifs is 1. The van der Waals surface area contributed by atoms with Crippen LogP contribution in [0.3, 0.4) is 0 Å². The molecule has 1 fully saturated rings. The Kier molecular flexibility index (Phi) is 6.70. The Balaban J connectivity index is 1.45. The molecule has 5 heteroatoms. The van der Waals surface area contributed by atoms with E-state index >= 15 is 0 Å². The molecule has 1 amide bonds. The average molecular weight is 408 g/mol. The van der Waals surface area contributed by atoms with Crippen molar-refractivity contribution in [2.75, 3.05) is 44.3 Å². The number of nitrogens with one attached hydrogen (secondary N) is 1. The largest absolute Gasteiger partial charge is 0.379 e. The number of benzene rings is 2. The summed E-state index contributed by atoms with van der Waals surface area (Å²) in [5.74, 6) is 0.0881. The average Bonchev–Trinajstić information content (AvgIpc) is 2.75. The number of carbonyl (C=O) groups excluding carboxylic acids is 1. The van der Waals surface area contributed by atoms with Gasteiger partial charge in [-0.25, -0.2) is 0 Å². The van der Waals surface area contributed by atoms with Crippen molar-refractivity contribution < 1.29 is 9.53 Å². The van der Waals surface area contributed by atoms with Crippen LogP contribution in [0.2, 0.25) is 0 Å². The minimum atomic E-state index is 0.0141. The van der Waals surface area contributed by atoms with Gasteiger partial charge in [0.05, 0.1) is 25.8 Å². The van der Waals surface area contributed by atoms with Crippen LogP contribution in [-0.2, 0) is 16.0 Å². The summed E-state index contributed by atoms with van der Waals surface area (Å²) in [6, 6.07) is 17.2. The van der Waals surface area contributed by atoms with Gasteiger partial charge in [0.25, 0.3) is 0 Å². The first-order valence-corrected chi connectivity index (χ1v) is 11.1. The fourth-order valence-corrected chi connectivity index (χ4v) is 4.84. The maximum Gasteiger partial charge on any atom is 0.239 e. The van der Waals surface area contributed by atoms with Gasteiger partial charge in [0.2, 0.25) is 5.91 Å². The maximum atomic E-state index is 13.0. The van der Waals surface area contributed by atoms with Gasteiger partial charge < -0.3 is 15.0 Å². The molecule has 160 valence electrons. The first-order valence-electron chi connectivity index (χ1n) is 11.1. The van der Waals surface area contributed by atoms with E-state index in [9.17, 15) is 4.79 Å². The number of amides is 1. The maximum absolute atomic E-state index is 13.0. The number of ether oxygens (including phenoxy) is 1. The minimum absolute atomic E-state index is 0.0141. The van der Waals surface area contributed by atoms with Crippen molar-refractivity contribution in [2.45, 2.75) is 38.8 Å². The van der Waals surface area contributed by atoms with Crippen molar-refractivity contribution in [2.24, 2.45) is 0 Å². The van der Waals surface area contributed by atoms with Crippen molar-refractivity contribution in [3.63, 3.8) is 0 Å². The first-order chi connectivity index (χ1) is 14.6. The Morgan fingerprint density at radius 3 is 2.63 bits per heavy atom. The predicted octanol–water partition coefficient (Wildman–Crippen LogP) is 3.33. The third kappa shape index (κ3) is 4.85.